The Morgan fingerprint density at radius 1 is 1.35 bits per heavy atom. The van der Waals surface area contributed by atoms with E-state index in [4.69, 9.17) is 11.6 Å². The Hall–Kier alpha value is -2.61. The van der Waals surface area contributed by atoms with Crippen molar-refractivity contribution >= 4 is 28.9 Å². The van der Waals surface area contributed by atoms with Crippen LogP contribution in [-0.4, -0.2) is 20.8 Å². The van der Waals surface area contributed by atoms with E-state index in [9.17, 15) is 19.3 Å². The predicted octanol–water partition coefficient (Wildman–Crippen LogP) is 2.43. The molecule has 1 aromatic carbocycles. The Morgan fingerprint density at radius 2 is 2.10 bits per heavy atom. The first kappa shape index (κ1) is 13.8. The van der Waals surface area contributed by atoms with Gasteiger partial charge in [-0.1, -0.05) is 11.6 Å². The second kappa shape index (κ2) is 5.57. The van der Waals surface area contributed by atoms with Crippen molar-refractivity contribution in [2.24, 2.45) is 0 Å². The molecule has 0 bridgehead atoms. The van der Waals surface area contributed by atoms with Gasteiger partial charge in [-0.2, -0.15) is 4.39 Å². The Kier molecular flexibility index (Phi) is 3.85. The van der Waals surface area contributed by atoms with E-state index < -0.39 is 22.3 Å². The first-order chi connectivity index (χ1) is 9.47. The van der Waals surface area contributed by atoms with Crippen LogP contribution >= 0.6 is 11.6 Å². The van der Waals surface area contributed by atoms with Crippen LogP contribution in [0.25, 0.3) is 0 Å². The number of nitrogens with zero attached hydrogens (tertiary/aromatic N) is 3. The SMILES string of the molecule is O=C(Nc1ccc(F)c([N+](=O)[O-])c1)c1cnc(Cl)cn1. The van der Waals surface area contributed by atoms with E-state index in [1.165, 1.54) is 12.3 Å². The van der Waals surface area contributed by atoms with Crippen LogP contribution in [0.1, 0.15) is 10.5 Å². The van der Waals surface area contributed by atoms with Crippen LogP contribution in [0.3, 0.4) is 0 Å². The third-order valence-electron chi connectivity index (χ3n) is 2.25. The Bertz CT molecular complexity index is 678. The largest absolute Gasteiger partial charge is 0.320 e. The molecule has 0 aliphatic rings. The standard InChI is InChI=1S/C11H6ClFN4O3/c12-10-5-14-8(4-15-10)11(18)16-6-1-2-7(13)9(3-6)17(19)20/h1-5H,(H,16,18). The first-order valence-electron chi connectivity index (χ1n) is 5.20. The summed E-state index contributed by atoms with van der Waals surface area (Å²) in [6.07, 6.45) is 2.33. The number of rotatable bonds is 3. The van der Waals surface area contributed by atoms with Crippen LogP contribution in [0.2, 0.25) is 5.15 Å². The number of halogens is 2. The summed E-state index contributed by atoms with van der Waals surface area (Å²) >= 11 is 5.53. The van der Waals surface area contributed by atoms with Gasteiger partial charge in [0.05, 0.1) is 17.3 Å². The average Bonchev–Trinajstić information content (AvgIpc) is 2.41. The zero-order valence-corrected chi connectivity index (χ0v) is 10.5. The number of hydrogen-bond acceptors (Lipinski definition) is 5. The molecule has 0 spiro atoms. The molecule has 0 fully saturated rings. The normalized spacial score (nSPS) is 10.1. The molecule has 9 heteroatoms. The van der Waals surface area contributed by atoms with Crippen molar-refractivity contribution in [3.63, 3.8) is 0 Å². The molecule has 0 aliphatic heterocycles. The molecule has 0 unspecified atom stereocenters. The van der Waals surface area contributed by atoms with Crippen molar-refractivity contribution in [2.45, 2.75) is 0 Å². The van der Waals surface area contributed by atoms with Gasteiger partial charge in [-0.15, -0.1) is 0 Å². The van der Waals surface area contributed by atoms with Crippen molar-refractivity contribution in [1.29, 1.82) is 0 Å². The number of benzene rings is 1. The maximum Gasteiger partial charge on any atom is 0.306 e. The summed E-state index contributed by atoms with van der Waals surface area (Å²) in [5, 5.41) is 13.1. The molecule has 20 heavy (non-hydrogen) atoms. The van der Waals surface area contributed by atoms with Crippen molar-refractivity contribution in [2.75, 3.05) is 5.32 Å². The monoisotopic (exact) mass is 296 g/mol. The molecule has 2 rings (SSSR count). The van der Waals surface area contributed by atoms with E-state index in [2.05, 4.69) is 15.3 Å². The van der Waals surface area contributed by atoms with Crippen LogP contribution in [0.5, 0.6) is 0 Å². The number of nitrogens with one attached hydrogen (secondary N) is 1. The molecule has 1 heterocycles. The zero-order chi connectivity index (χ0) is 14.7. The summed E-state index contributed by atoms with van der Waals surface area (Å²) in [6.45, 7) is 0. The molecule has 102 valence electrons. The zero-order valence-electron chi connectivity index (χ0n) is 9.71. The highest BCUT2D eigenvalue weighted by Gasteiger charge is 2.16. The van der Waals surface area contributed by atoms with E-state index in [1.807, 2.05) is 0 Å². The van der Waals surface area contributed by atoms with Gasteiger partial charge >= 0.3 is 5.69 Å². The molecule has 0 radical (unpaired) electrons. The van der Waals surface area contributed by atoms with Gasteiger partial charge in [0.2, 0.25) is 5.82 Å². The molecule has 1 N–H and O–H groups in total. The van der Waals surface area contributed by atoms with Crippen molar-refractivity contribution < 1.29 is 14.1 Å². The number of nitro groups is 1. The minimum absolute atomic E-state index is 0.0265. The van der Waals surface area contributed by atoms with Gasteiger partial charge in [-0.05, 0) is 12.1 Å². The molecule has 0 saturated carbocycles. The van der Waals surface area contributed by atoms with Gasteiger partial charge in [-0.3, -0.25) is 14.9 Å². The topological polar surface area (TPSA) is 98.0 Å². The smallest absolute Gasteiger partial charge is 0.306 e. The van der Waals surface area contributed by atoms with Crippen LogP contribution in [0.15, 0.2) is 30.6 Å². The van der Waals surface area contributed by atoms with E-state index in [0.717, 1.165) is 18.3 Å². The second-order valence-corrected chi connectivity index (χ2v) is 3.99. The third-order valence-corrected chi connectivity index (χ3v) is 2.45. The van der Waals surface area contributed by atoms with Crippen molar-refractivity contribution in [1.82, 2.24) is 9.97 Å². The fourth-order valence-electron chi connectivity index (χ4n) is 1.36. The van der Waals surface area contributed by atoms with Gasteiger partial charge in [0, 0.05) is 11.8 Å². The van der Waals surface area contributed by atoms with Crippen molar-refractivity contribution in [3.05, 3.63) is 57.4 Å². The molecule has 0 atom stereocenters. The number of nitro benzene ring substituents is 1. The summed E-state index contributed by atoms with van der Waals surface area (Å²) in [5.74, 6) is -1.63. The number of carbonyl (C=O) groups excluding carboxylic acids is 1. The molecule has 0 aliphatic carbocycles. The van der Waals surface area contributed by atoms with Crippen LogP contribution in [0.4, 0.5) is 15.8 Å². The van der Waals surface area contributed by atoms with E-state index in [1.54, 1.807) is 0 Å². The third kappa shape index (κ3) is 3.04. The van der Waals surface area contributed by atoms with E-state index >= 15 is 0 Å². The highest BCUT2D eigenvalue weighted by molar-refractivity contribution is 6.29. The first-order valence-corrected chi connectivity index (χ1v) is 5.58. The summed E-state index contributed by atoms with van der Waals surface area (Å²) in [7, 11) is 0. The summed E-state index contributed by atoms with van der Waals surface area (Å²) in [6, 6.07) is 3.00. The highest BCUT2D eigenvalue weighted by Crippen LogP contribution is 2.21. The van der Waals surface area contributed by atoms with Gasteiger partial charge in [0.25, 0.3) is 5.91 Å². The highest BCUT2D eigenvalue weighted by atomic mass is 35.5. The molecule has 7 nitrogen and oxygen atoms in total. The van der Waals surface area contributed by atoms with Gasteiger partial charge in [0.15, 0.2) is 0 Å². The van der Waals surface area contributed by atoms with Gasteiger partial charge < -0.3 is 5.32 Å². The maximum absolute atomic E-state index is 13.1. The van der Waals surface area contributed by atoms with Crippen molar-refractivity contribution in [3.8, 4) is 0 Å². The summed E-state index contributed by atoms with van der Waals surface area (Å²) in [5.41, 5.74) is -0.689. The van der Waals surface area contributed by atoms with E-state index in [-0.39, 0.29) is 16.5 Å². The summed E-state index contributed by atoms with van der Waals surface area (Å²) < 4.78 is 13.1. The molecular formula is C11H6ClFN4O3. The quantitative estimate of drug-likeness (QED) is 0.693. The Morgan fingerprint density at radius 3 is 2.70 bits per heavy atom. The number of carbonyl (C=O) groups is 1. The van der Waals surface area contributed by atoms with Gasteiger partial charge in [-0.25, -0.2) is 9.97 Å². The fourth-order valence-corrected chi connectivity index (χ4v) is 1.45. The Labute approximate surface area is 116 Å². The average molecular weight is 297 g/mol. The van der Waals surface area contributed by atoms with E-state index in [0.29, 0.717) is 0 Å². The number of aromatic nitrogens is 2. The van der Waals surface area contributed by atoms with Gasteiger partial charge in [0.1, 0.15) is 10.8 Å². The predicted molar refractivity (Wildman–Crippen MR) is 68.0 cm³/mol. The summed E-state index contributed by atoms with van der Waals surface area (Å²) in [4.78, 5) is 28.9. The lowest BCUT2D eigenvalue weighted by atomic mass is 10.2. The molecule has 1 aromatic heterocycles. The molecule has 0 saturated heterocycles. The molecule has 2 aromatic rings. The lowest BCUT2D eigenvalue weighted by molar-refractivity contribution is -0.387. The lowest BCUT2D eigenvalue weighted by Crippen LogP contribution is -2.14. The molecular weight excluding hydrogens is 291 g/mol. The fraction of sp³-hybridized carbons (Fsp3) is 0. The Balaban J connectivity index is 2.21. The van der Waals surface area contributed by atoms with Crippen LogP contribution in [-0.2, 0) is 0 Å². The number of hydrogen-bond donors (Lipinski definition) is 1. The minimum atomic E-state index is -0.987. The second-order valence-electron chi connectivity index (χ2n) is 3.60. The molecule has 1 amide bonds. The lowest BCUT2D eigenvalue weighted by Gasteiger charge is -2.04. The number of anilines is 1. The minimum Gasteiger partial charge on any atom is -0.320 e. The van der Waals surface area contributed by atoms with Crippen LogP contribution < -0.4 is 5.32 Å². The maximum atomic E-state index is 13.1. The van der Waals surface area contributed by atoms with Crippen LogP contribution in [0, 0.1) is 15.9 Å². The number of amides is 1.